The van der Waals surface area contributed by atoms with E-state index >= 15 is 0 Å². The molecule has 0 amide bonds. The van der Waals surface area contributed by atoms with E-state index in [1.165, 1.54) is 0 Å². The molecule has 1 saturated heterocycles. The molecular formula is C13H23BO4. The largest absolute Gasteiger partial charge is 0.493 e. The summed E-state index contributed by atoms with van der Waals surface area (Å²) in [4.78, 5) is 0. The van der Waals surface area contributed by atoms with Gasteiger partial charge in [-0.15, -0.1) is 0 Å². The van der Waals surface area contributed by atoms with Gasteiger partial charge in [0.2, 0.25) is 0 Å². The van der Waals surface area contributed by atoms with Crippen LogP contribution in [0.3, 0.4) is 0 Å². The van der Waals surface area contributed by atoms with E-state index in [0.29, 0.717) is 6.42 Å². The lowest BCUT2D eigenvalue weighted by molar-refractivity contribution is 0.000181. The van der Waals surface area contributed by atoms with Crippen LogP contribution in [0.25, 0.3) is 0 Å². The molecule has 0 saturated carbocycles. The molecule has 0 radical (unpaired) electrons. The van der Waals surface area contributed by atoms with Crippen LogP contribution in [0, 0.1) is 0 Å². The number of hydrogen-bond acceptors (Lipinski definition) is 4. The average Bonchev–Trinajstić information content (AvgIpc) is 2.67. The first-order chi connectivity index (χ1) is 8.22. The van der Waals surface area contributed by atoms with Crippen molar-refractivity contribution < 1.29 is 19.2 Å². The molecule has 1 atom stereocenters. The molecule has 1 heterocycles. The van der Waals surface area contributed by atoms with Crippen molar-refractivity contribution in [2.75, 3.05) is 13.7 Å². The zero-order chi connectivity index (χ0) is 13.6. The lowest BCUT2D eigenvalue weighted by Crippen LogP contribution is -2.41. The lowest BCUT2D eigenvalue weighted by Gasteiger charge is -2.32. The molecule has 4 nitrogen and oxygen atoms in total. The highest BCUT2D eigenvalue weighted by molar-refractivity contribution is 6.55. The SMILES string of the molecule is COC[C@@]1(O)CCC=C1B1OC(C)(C)C(C)(C)O1. The maximum Gasteiger partial charge on any atom is 0.493 e. The van der Waals surface area contributed by atoms with Crippen LogP contribution in [0.2, 0.25) is 0 Å². The van der Waals surface area contributed by atoms with Gasteiger partial charge in [-0.1, -0.05) is 6.08 Å². The highest BCUT2D eigenvalue weighted by Gasteiger charge is 2.56. The fraction of sp³-hybridized carbons (Fsp3) is 0.846. The zero-order valence-electron chi connectivity index (χ0n) is 11.9. The predicted molar refractivity (Wildman–Crippen MR) is 70.2 cm³/mol. The molecule has 0 spiro atoms. The van der Waals surface area contributed by atoms with Crippen LogP contribution < -0.4 is 0 Å². The second-order valence-electron chi connectivity index (χ2n) is 6.25. The van der Waals surface area contributed by atoms with Crippen molar-refractivity contribution >= 4 is 7.12 Å². The van der Waals surface area contributed by atoms with E-state index < -0.39 is 12.7 Å². The Morgan fingerprint density at radius 2 is 1.83 bits per heavy atom. The van der Waals surface area contributed by atoms with Gasteiger partial charge in [0.15, 0.2) is 0 Å². The number of ether oxygens (including phenoxy) is 1. The van der Waals surface area contributed by atoms with Gasteiger partial charge in [0.05, 0.1) is 17.8 Å². The monoisotopic (exact) mass is 254 g/mol. The molecule has 1 fully saturated rings. The van der Waals surface area contributed by atoms with Crippen molar-refractivity contribution in [2.45, 2.75) is 57.3 Å². The minimum absolute atomic E-state index is 0.281. The number of hydrogen-bond donors (Lipinski definition) is 1. The second kappa shape index (κ2) is 4.34. The molecule has 102 valence electrons. The van der Waals surface area contributed by atoms with Gasteiger partial charge >= 0.3 is 7.12 Å². The van der Waals surface area contributed by atoms with E-state index in [9.17, 15) is 5.11 Å². The molecule has 0 aromatic carbocycles. The van der Waals surface area contributed by atoms with Crippen molar-refractivity contribution in [3.8, 4) is 0 Å². The fourth-order valence-electron chi connectivity index (χ4n) is 2.48. The van der Waals surface area contributed by atoms with E-state index in [4.69, 9.17) is 14.0 Å². The Morgan fingerprint density at radius 3 is 2.33 bits per heavy atom. The normalized spacial score (nSPS) is 33.9. The van der Waals surface area contributed by atoms with Gasteiger partial charge in [0.25, 0.3) is 0 Å². The van der Waals surface area contributed by atoms with E-state index in [1.807, 2.05) is 33.8 Å². The lowest BCUT2D eigenvalue weighted by atomic mass is 9.70. The molecule has 5 heteroatoms. The summed E-state index contributed by atoms with van der Waals surface area (Å²) in [5.74, 6) is 0. The van der Waals surface area contributed by atoms with E-state index in [0.717, 1.165) is 11.9 Å². The van der Waals surface area contributed by atoms with Crippen molar-refractivity contribution in [3.63, 3.8) is 0 Å². The molecule has 18 heavy (non-hydrogen) atoms. The molecule has 0 unspecified atom stereocenters. The Hall–Kier alpha value is -0.355. The van der Waals surface area contributed by atoms with Crippen molar-refractivity contribution in [3.05, 3.63) is 11.5 Å². The molecule has 1 aliphatic heterocycles. The highest BCUT2D eigenvalue weighted by atomic mass is 16.7. The first-order valence-corrected chi connectivity index (χ1v) is 6.49. The van der Waals surface area contributed by atoms with Crippen LogP contribution in [0.4, 0.5) is 0 Å². The Labute approximate surface area is 109 Å². The third-order valence-corrected chi connectivity index (χ3v) is 4.35. The maximum atomic E-state index is 10.6. The van der Waals surface area contributed by atoms with Gasteiger partial charge in [-0.2, -0.15) is 0 Å². The van der Waals surface area contributed by atoms with Crippen LogP contribution in [-0.4, -0.2) is 42.7 Å². The van der Waals surface area contributed by atoms with Crippen LogP contribution in [-0.2, 0) is 14.0 Å². The quantitative estimate of drug-likeness (QED) is 0.779. The third kappa shape index (κ3) is 2.13. The predicted octanol–water partition coefficient (Wildman–Crippen LogP) is 1.72. The topological polar surface area (TPSA) is 47.9 Å². The van der Waals surface area contributed by atoms with Crippen molar-refractivity contribution in [2.24, 2.45) is 0 Å². The minimum Gasteiger partial charge on any atom is -0.399 e. The Morgan fingerprint density at radius 1 is 1.28 bits per heavy atom. The molecule has 2 aliphatic rings. The molecule has 0 bridgehead atoms. The summed E-state index contributed by atoms with van der Waals surface area (Å²) in [6, 6.07) is 0. The van der Waals surface area contributed by atoms with Crippen molar-refractivity contribution in [1.82, 2.24) is 0 Å². The second-order valence-corrected chi connectivity index (χ2v) is 6.25. The van der Waals surface area contributed by atoms with E-state index in [-0.39, 0.29) is 17.8 Å². The van der Waals surface area contributed by atoms with Gasteiger partial charge in [-0.05, 0) is 46.0 Å². The van der Waals surface area contributed by atoms with Gasteiger partial charge < -0.3 is 19.2 Å². The zero-order valence-corrected chi connectivity index (χ0v) is 11.9. The first kappa shape index (κ1) is 14.1. The third-order valence-electron chi connectivity index (χ3n) is 4.35. The fourth-order valence-corrected chi connectivity index (χ4v) is 2.48. The molecule has 2 rings (SSSR count). The Bertz CT molecular complexity index is 348. The van der Waals surface area contributed by atoms with Crippen molar-refractivity contribution in [1.29, 1.82) is 0 Å². The minimum atomic E-state index is -0.948. The van der Waals surface area contributed by atoms with Gasteiger partial charge in [0, 0.05) is 7.11 Å². The molecule has 0 aromatic heterocycles. The number of rotatable bonds is 3. The summed E-state index contributed by atoms with van der Waals surface area (Å²) >= 11 is 0. The molecule has 0 aromatic rings. The number of aliphatic hydroxyl groups is 1. The van der Waals surface area contributed by atoms with Crippen LogP contribution in [0.15, 0.2) is 11.5 Å². The smallest absolute Gasteiger partial charge is 0.399 e. The summed E-state index contributed by atoms with van der Waals surface area (Å²) in [7, 11) is 1.12. The van der Waals surface area contributed by atoms with E-state index in [1.54, 1.807) is 7.11 Å². The summed E-state index contributed by atoms with van der Waals surface area (Å²) in [6.07, 6.45) is 3.51. The average molecular weight is 254 g/mol. The summed E-state index contributed by atoms with van der Waals surface area (Å²) in [6.45, 7) is 8.33. The maximum absolute atomic E-state index is 10.6. The molecule has 1 N–H and O–H groups in total. The van der Waals surface area contributed by atoms with Gasteiger partial charge in [-0.25, -0.2) is 0 Å². The van der Waals surface area contributed by atoms with Crippen LogP contribution in [0.5, 0.6) is 0 Å². The van der Waals surface area contributed by atoms with Gasteiger partial charge in [0.1, 0.15) is 5.60 Å². The standard InChI is InChI=1S/C13H23BO4/c1-11(2)12(3,4)18-14(17-11)10-7-6-8-13(10,15)9-16-5/h7,15H,6,8-9H2,1-5H3/t13-/m0/s1. The number of allylic oxidation sites excluding steroid dienone is 1. The summed E-state index contributed by atoms with van der Waals surface area (Å²) in [5, 5.41) is 10.6. The first-order valence-electron chi connectivity index (χ1n) is 6.49. The Kier molecular flexibility index (Phi) is 3.39. The molecular weight excluding hydrogens is 231 g/mol. The van der Waals surface area contributed by atoms with Crippen LogP contribution >= 0.6 is 0 Å². The summed E-state index contributed by atoms with van der Waals surface area (Å²) in [5.41, 5.74) is -0.900. The van der Waals surface area contributed by atoms with Crippen LogP contribution in [0.1, 0.15) is 40.5 Å². The summed E-state index contributed by atoms with van der Waals surface area (Å²) < 4.78 is 17.1. The Balaban J connectivity index is 2.19. The molecule has 1 aliphatic carbocycles. The van der Waals surface area contributed by atoms with E-state index in [2.05, 4.69) is 0 Å². The van der Waals surface area contributed by atoms with Gasteiger partial charge in [-0.3, -0.25) is 0 Å². The highest BCUT2D eigenvalue weighted by Crippen LogP contribution is 2.43. The number of methoxy groups -OCH3 is 1.